The van der Waals surface area contributed by atoms with Crippen LogP contribution in [0, 0.1) is 11.8 Å². The highest BCUT2D eigenvalue weighted by Gasteiger charge is 2.36. The Morgan fingerprint density at radius 1 is 1.37 bits per heavy atom. The van der Waals surface area contributed by atoms with Crippen LogP contribution in [0.3, 0.4) is 0 Å². The number of hydrogen-bond acceptors (Lipinski definition) is 3. The first-order valence-corrected chi connectivity index (χ1v) is 7.73. The zero-order valence-electron chi connectivity index (χ0n) is 12.6. The standard InChI is InChI=1S/C15H30N2O2/c1-4-12(5-2)17(9-10-18)15(19)13-7-6-8-14(16)11(13)3/h11-14,18H,4-10,16H2,1-3H3. The molecule has 0 aromatic carbocycles. The van der Waals surface area contributed by atoms with Crippen LogP contribution < -0.4 is 5.73 Å². The average Bonchev–Trinajstić information content (AvgIpc) is 2.41. The Labute approximate surface area is 117 Å². The largest absolute Gasteiger partial charge is 0.395 e. The van der Waals surface area contributed by atoms with Crippen LogP contribution in [0.1, 0.15) is 52.9 Å². The summed E-state index contributed by atoms with van der Waals surface area (Å²) in [6.45, 7) is 6.78. The molecule has 1 aliphatic rings. The first-order chi connectivity index (χ1) is 9.06. The minimum absolute atomic E-state index is 0.0371. The van der Waals surface area contributed by atoms with Gasteiger partial charge >= 0.3 is 0 Å². The monoisotopic (exact) mass is 270 g/mol. The van der Waals surface area contributed by atoms with E-state index in [1.165, 1.54) is 0 Å². The van der Waals surface area contributed by atoms with E-state index in [0.717, 1.165) is 32.1 Å². The quantitative estimate of drug-likeness (QED) is 0.773. The van der Waals surface area contributed by atoms with E-state index in [1.54, 1.807) is 0 Å². The van der Waals surface area contributed by atoms with Gasteiger partial charge in [0.2, 0.25) is 5.91 Å². The van der Waals surface area contributed by atoms with Gasteiger partial charge in [0.05, 0.1) is 6.61 Å². The SMILES string of the molecule is CCC(CC)N(CCO)C(=O)C1CCCC(N)C1C. The van der Waals surface area contributed by atoms with Crippen LogP contribution in [0.2, 0.25) is 0 Å². The molecule has 1 amide bonds. The fraction of sp³-hybridized carbons (Fsp3) is 0.933. The summed E-state index contributed by atoms with van der Waals surface area (Å²) in [5, 5.41) is 9.22. The van der Waals surface area contributed by atoms with Gasteiger partial charge in [-0.3, -0.25) is 4.79 Å². The van der Waals surface area contributed by atoms with Crippen LogP contribution in [0.5, 0.6) is 0 Å². The molecule has 0 bridgehead atoms. The van der Waals surface area contributed by atoms with Crippen LogP contribution in [0.25, 0.3) is 0 Å². The van der Waals surface area contributed by atoms with Gasteiger partial charge in [0.1, 0.15) is 0 Å². The lowest BCUT2D eigenvalue weighted by atomic mass is 9.76. The van der Waals surface area contributed by atoms with Gasteiger partial charge in [0.15, 0.2) is 0 Å². The maximum atomic E-state index is 12.8. The van der Waals surface area contributed by atoms with Crippen molar-refractivity contribution in [2.45, 2.75) is 65.0 Å². The van der Waals surface area contributed by atoms with E-state index in [1.807, 2.05) is 4.90 Å². The summed E-state index contributed by atoms with van der Waals surface area (Å²) < 4.78 is 0. The zero-order valence-corrected chi connectivity index (χ0v) is 12.6. The highest BCUT2D eigenvalue weighted by atomic mass is 16.3. The van der Waals surface area contributed by atoms with Crippen molar-refractivity contribution in [1.29, 1.82) is 0 Å². The van der Waals surface area contributed by atoms with E-state index >= 15 is 0 Å². The van der Waals surface area contributed by atoms with Crippen LogP contribution in [0.4, 0.5) is 0 Å². The smallest absolute Gasteiger partial charge is 0.226 e. The molecule has 1 saturated carbocycles. The van der Waals surface area contributed by atoms with Crippen molar-refractivity contribution < 1.29 is 9.90 Å². The van der Waals surface area contributed by atoms with Gasteiger partial charge in [-0.1, -0.05) is 27.2 Å². The summed E-state index contributed by atoms with van der Waals surface area (Å²) in [6.07, 6.45) is 4.88. The molecule has 4 heteroatoms. The molecule has 3 unspecified atom stereocenters. The molecule has 19 heavy (non-hydrogen) atoms. The van der Waals surface area contributed by atoms with E-state index in [4.69, 9.17) is 5.73 Å². The Morgan fingerprint density at radius 3 is 2.53 bits per heavy atom. The zero-order chi connectivity index (χ0) is 14.4. The number of amides is 1. The molecule has 0 spiro atoms. The average molecular weight is 270 g/mol. The molecule has 112 valence electrons. The molecular formula is C15H30N2O2. The summed E-state index contributed by atoms with van der Waals surface area (Å²) in [4.78, 5) is 14.7. The van der Waals surface area contributed by atoms with Crippen molar-refractivity contribution in [3.05, 3.63) is 0 Å². The topological polar surface area (TPSA) is 66.6 Å². The summed E-state index contributed by atoms with van der Waals surface area (Å²) in [6, 6.07) is 0.380. The van der Waals surface area contributed by atoms with Gasteiger partial charge in [0, 0.05) is 24.5 Å². The molecule has 0 aliphatic heterocycles. The second-order valence-electron chi connectivity index (χ2n) is 5.79. The molecule has 1 aliphatic carbocycles. The number of nitrogens with zero attached hydrogens (tertiary/aromatic N) is 1. The number of carbonyl (C=O) groups is 1. The molecule has 0 radical (unpaired) electrons. The first kappa shape index (κ1) is 16.4. The van der Waals surface area contributed by atoms with E-state index in [-0.39, 0.29) is 36.4 Å². The Balaban J connectivity index is 2.80. The van der Waals surface area contributed by atoms with Crippen molar-refractivity contribution in [2.75, 3.05) is 13.2 Å². The van der Waals surface area contributed by atoms with Crippen LogP contribution in [-0.4, -0.2) is 41.1 Å². The summed E-state index contributed by atoms with van der Waals surface area (Å²) in [5.41, 5.74) is 6.10. The predicted octanol–water partition coefficient (Wildman–Crippen LogP) is 1.76. The lowest BCUT2D eigenvalue weighted by Crippen LogP contribution is -2.49. The number of carbonyl (C=O) groups excluding carboxylic acids is 1. The fourth-order valence-corrected chi connectivity index (χ4v) is 3.27. The molecule has 3 atom stereocenters. The number of rotatable bonds is 6. The van der Waals surface area contributed by atoms with Gasteiger partial charge in [-0.25, -0.2) is 0 Å². The normalized spacial score (nSPS) is 27.6. The van der Waals surface area contributed by atoms with E-state index in [0.29, 0.717) is 6.54 Å². The Morgan fingerprint density at radius 2 is 2.00 bits per heavy atom. The van der Waals surface area contributed by atoms with Gasteiger partial charge in [-0.05, 0) is 31.6 Å². The Kier molecular flexibility index (Phi) is 6.80. The lowest BCUT2D eigenvalue weighted by molar-refractivity contribution is -0.141. The molecule has 3 N–H and O–H groups in total. The third-order valence-corrected chi connectivity index (χ3v) is 4.69. The second kappa shape index (κ2) is 7.85. The highest BCUT2D eigenvalue weighted by Crippen LogP contribution is 2.31. The van der Waals surface area contributed by atoms with Crippen molar-refractivity contribution >= 4 is 5.91 Å². The van der Waals surface area contributed by atoms with Gasteiger partial charge in [0.25, 0.3) is 0 Å². The van der Waals surface area contributed by atoms with Crippen molar-refractivity contribution in [2.24, 2.45) is 17.6 Å². The molecular weight excluding hydrogens is 240 g/mol. The third kappa shape index (κ3) is 3.93. The van der Waals surface area contributed by atoms with E-state index in [2.05, 4.69) is 20.8 Å². The molecule has 0 saturated heterocycles. The number of aliphatic hydroxyl groups excluding tert-OH is 1. The molecule has 1 fully saturated rings. The number of nitrogens with two attached hydrogens (primary N) is 1. The van der Waals surface area contributed by atoms with Gasteiger partial charge < -0.3 is 15.7 Å². The maximum Gasteiger partial charge on any atom is 0.226 e. The second-order valence-corrected chi connectivity index (χ2v) is 5.79. The minimum atomic E-state index is 0.0371. The number of hydrogen-bond donors (Lipinski definition) is 2. The molecule has 4 nitrogen and oxygen atoms in total. The summed E-state index contributed by atoms with van der Waals surface area (Å²) >= 11 is 0. The molecule has 1 rings (SSSR count). The van der Waals surface area contributed by atoms with Crippen molar-refractivity contribution in [3.8, 4) is 0 Å². The maximum absolute atomic E-state index is 12.8. The molecule has 0 aromatic heterocycles. The minimum Gasteiger partial charge on any atom is -0.395 e. The summed E-state index contributed by atoms with van der Waals surface area (Å²) in [7, 11) is 0. The van der Waals surface area contributed by atoms with Gasteiger partial charge in [-0.2, -0.15) is 0 Å². The lowest BCUT2D eigenvalue weighted by Gasteiger charge is -2.39. The Bertz CT molecular complexity index is 279. The Hall–Kier alpha value is -0.610. The molecule has 0 aromatic rings. The summed E-state index contributed by atoms with van der Waals surface area (Å²) in [5.74, 6) is 0.484. The van der Waals surface area contributed by atoms with Gasteiger partial charge in [-0.15, -0.1) is 0 Å². The van der Waals surface area contributed by atoms with Crippen molar-refractivity contribution in [1.82, 2.24) is 4.90 Å². The fourth-order valence-electron chi connectivity index (χ4n) is 3.27. The number of aliphatic hydroxyl groups is 1. The van der Waals surface area contributed by atoms with Crippen molar-refractivity contribution in [3.63, 3.8) is 0 Å². The van der Waals surface area contributed by atoms with E-state index < -0.39 is 0 Å². The van der Waals surface area contributed by atoms with Crippen LogP contribution >= 0.6 is 0 Å². The molecule has 0 heterocycles. The van der Waals surface area contributed by atoms with E-state index in [9.17, 15) is 9.90 Å². The predicted molar refractivity (Wildman–Crippen MR) is 77.6 cm³/mol. The van der Waals surface area contributed by atoms with Crippen LogP contribution in [0.15, 0.2) is 0 Å². The highest BCUT2D eigenvalue weighted by molar-refractivity contribution is 5.79. The first-order valence-electron chi connectivity index (χ1n) is 7.73. The third-order valence-electron chi connectivity index (χ3n) is 4.69. The van der Waals surface area contributed by atoms with Crippen LogP contribution in [-0.2, 0) is 4.79 Å².